The Kier molecular flexibility index (Phi) is 6.49. The molecule has 0 amide bonds. The number of rotatable bonds is 8. The molecule has 0 fully saturated rings. The summed E-state index contributed by atoms with van der Waals surface area (Å²) in [5.41, 5.74) is 1.17. The molecule has 0 bridgehead atoms. The quantitative estimate of drug-likeness (QED) is 0.534. The van der Waals surface area contributed by atoms with Gasteiger partial charge in [0.25, 0.3) is 0 Å². The van der Waals surface area contributed by atoms with E-state index in [2.05, 4.69) is 17.6 Å². The predicted octanol–water partition coefficient (Wildman–Crippen LogP) is 1.87. The van der Waals surface area contributed by atoms with Crippen LogP contribution in [-0.4, -0.2) is 28.6 Å². The molecule has 0 saturated heterocycles. The van der Waals surface area contributed by atoms with Crippen molar-refractivity contribution in [3.05, 3.63) is 30.1 Å². The molecule has 102 valence electrons. The van der Waals surface area contributed by atoms with Gasteiger partial charge in [-0.2, -0.15) is 4.57 Å². The van der Waals surface area contributed by atoms with Gasteiger partial charge in [0.2, 0.25) is 6.17 Å². The van der Waals surface area contributed by atoms with Crippen LogP contribution in [0.4, 0.5) is 0 Å². The van der Waals surface area contributed by atoms with Crippen molar-refractivity contribution >= 4 is 8.80 Å². The third-order valence-electron chi connectivity index (χ3n) is 2.62. The van der Waals surface area contributed by atoms with Gasteiger partial charge in [-0.3, -0.25) is 0 Å². The van der Waals surface area contributed by atoms with Gasteiger partial charge in [-0.05, 0) is 20.8 Å². The average molecular weight is 270 g/mol. The first-order chi connectivity index (χ1) is 8.67. The summed E-state index contributed by atoms with van der Waals surface area (Å²) >= 11 is 0. The Labute approximate surface area is 111 Å². The molecule has 0 radical (unpaired) electrons. The first kappa shape index (κ1) is 15.3. The van der Waals surface area contributed by atoms with E-state index in [1.807, 2.05) is 39.1 Å². The molecule has 1 aromatic heterocycles. The van der Waals surface area contributed by atoms with Crippen molar-refractivity contribution in [3.63, 3.8) is 0 Å². The second-order valence-electron chi connectivity index (χ2n) is 3.95. The van der Waals surface area contributed by atoms with Crippen molar-refractivity contribution in [2.45, 2.75) is 33.9 Å². The predicted molar refractivity (Wildman–Crippen MR) is 72.0 cm³/mol. The largest absolute Gasteiger partial charge is 0.570 e. The van der Waals surface area contributed by atoms with Crippen LogP contribution in [0.5, 0.6) is 0 Å². The summed E-state index contributed by atoms with van der Waals surface area (Å²) in [7, 11) is -2.60. The maximum absolute atomic E-state index is 5.84. The summed E-state index contributed by atoms with van der Waals surface area (Å²) in [6, 6.07) is 6.11. The highest BCUT2D eigenvalue weighted by atomic mass is 28.4. The van der Waals surface area contributed by atoms with Crippen molar-refractivity contribution < 1.29 is 17.8 Å². The highest BCUT2D eigenvalue weighted by Gasteiger charge is 2.46. The molecule has 1 heterocycles. The van der Waals surface area contributed by atoms with E-state index in [0.29, 0.717) is 26.0 Å². The first-order valence-corrected chi connectivity index (χ1v) is 8.47. The standard InChI is InChI=1S/C13H24NO3Si/c1-5-15-18(16-6-2,17-7-3)12-14-11-9-8-10-13(14)4/h8-11H,5-7,12H2,1-4H3/q+1. The molecule has 0 unspecified atom stereocenters. The second kappa shape index (κ2) is 7.63. The van der Waals surface area contributed by atoms with E-state index in [1.54, 1.807) is 0 Å². The summed E-state index contributed by atoms with van der Waals surface area (Å²) in [6.07, 6.45) is 2.70. The molecule has 1 rings (SSSR count). The van der Waals surface area contributed by atoms with Crippen LogP contribution in [0.25, 0.3) is 0 Å². The molecule has 0 spiro atoms. The molecule has 1 aromatic rings. The van der Waals surface area contributed by atoms with Crippen LogP contribution >= 0.6 is 0 Å². The van der Waals surface area contributed by atoms with Gasteiger partial charge in [0, 0.05) is 38.9 Å². The number of aryl methyl sites for hydroxylation is 1. The molecule has 0 saturated carbocycles. The molecule has 18 heavy (non-hydrogen) atoms. The number of pyridine rings is 1. The van der Waals surface area contributed by atoms with Gasteiger partial charge in [0.15, 0.2) is 11.9 Å². The lowest BCUT2D eigenvalue weighted by Gasteiger charge is -2.25. The number of hydrogen-bond acceptors (Lipinski definition) is 3. The fourth-order valence-electron chi connectivity index (χ4n) is 1.87. The third-order valence-corrected chi connectivity index (χ3v) is 5.54. The topological polar surface area (TPSA) is 31.6 Å². The number of nitrogens with zero attached hydrogens (tertiary/aromatic N) is 1. The number of aromatic nitrogens is 1. The Morgan fingerprint density at radius 2 is 1.56 bits per heavy atom. The van der Waals surface area contributed by atoms with Crippen molar-refractivity contribution in [1.82, 2.24) is 0 Å². The Balaban J connectivity index is 2.91. The maximum atomic E-state index is 5.84. The molecular formula is C13H24NO3Si+. The minimum atomic E-state index is -2.60. The van der Waals surface area contributed by atoms with Crippen LogP contribution in [-0.2, 0) is 19.4 Å². The van der Waals surface area contributed by atoms with Gasteiger partial charge in [0.1, 0.15) is 0 Å². The van der Waals surface area contributed by atoms with E-state index in [0.717, 1.165) is 0 Å². The fourth-order valence-corrected chi connectivity index (χ4v) is 4.48. The molecule has 5 heteroatoms. The van der Waals surface area contributed by atoms with Crippen molar-refractivity contribution in [2.24, 2.45) is 0 Å². The summed E-state index contributed by atoms with van der Waals surface area (Å²) in [6.45, 7) is 9.83. The van der Waals surface area contributed by atoms with E-state index in [4.69, 9.17) is 13.3 Å². The zero-order chi connectivity index (χ0) is 13.4. The van der Waals surface area contributed by atoms with Crippen LogP contribution in [0.3, 0.4) is 0 Å². The van der Waals surface area contributed by atoms with Crippen LogP contribution < -0.4 is 4.57 Å². The van der Waals surface area contributed by atoms with Crippen molar-refractivity contribution in [1.29, 1.82) is 0 Å². The van der Waals surface area contributed by atoms with E-state index in [-0.39, 0.29) is 0 Å². The summed E-state index contributed by atoms with van der Waals surface area (Å²) in [4.78, 5) is 0. The second-order valence-corrected chi connectivity index (χ2v) is 6.50. The minimum absolute atomic E-state index is 0.610. The number of hydrogen-bond donors (Lipinski definition) is 0. The molecule has 0 N–H and O–H groups in total. The summed E-state index contributed by atoms with van der Waals surface area (Å²) < 4.78 is 19.7. The Morgan fingerprint density at radius 3 is 2.00 bits per heavy atom. The zero-order valence-corrected chi connectivity index (χ0v) is 12.8. The highest BCUT2D eigenvalue weighted by Crippen LogP contribution is 2.10. The first-order valence-electron chi connectivity index (χ1n) is 6.54. The van der Waals surface area contributed by atoms with Crippen LogP contribution in [0.15, 0.2) is 24.4 Å². The molecule has 0 aliphatic heterocycles. The minimum Gasteiger partial charge on any atom is -0.370 e. The van der Waals surface area contributed by atoms with Gasteiger partial charge in [-0.25, -0.2) is 0 Å². The van der Waals surface area contributed by atoms with E-state index >= 15 is 0 Å². The molecule has 0 aliphatic rings. The van der Waals surface area contributed by atoms with Crippen LogP contribution in [0, 0.1) is 6.92 Å². The van der Waals surface area contributed by atoms with Gasteiger partial charge in [-0.1, -0.05) is 6.07 Å². The van der Waals surface area contributed by atoms with Crippen LogP contribution in [0.1, 0.15) is 26.5 Å². The summed E-state index contributed by atoms with van der Waals surface area (Å²) in [5, 5.41) is 0. The Hall–Kier alpha value is -0.753. The van der Waals surface area contributed by atoms with Crippen molar-refractivity contribution in [2.75, 3.05) is 19.8 Å². The van der Waals surface area contributed by atoms with Crippen molar-refractivity contribution in [3.8, 4) is 0 Å². The lowest BCUT2D eigenvalue weighted by atomic mass is 10.4. The SMILES string of the molecule is CCO[Si](C[n+]1ccccc1C)(OCC)OCC. The fraction of sp³-hybridized carbons (Fsp3) is 0.615. The Bertz CT molecular complexity index is 343. The smallest absolute Gasteiger partial charge is 0.370 e. The van der Waals surface area contributed by atoms with Gasteiger partial charge < -0.3 is 13.3 Å². The monoisotopic (exact) mass is 270 g/mol. The molecule has 0 aliphatic carbocycles. The maximum Gasteiger partial charge on any atom is 0.570 e. The van der Waals surface area contributed by atoms with E-state index in [1.165, 1.54) is 5.69 Å². The zero-order valence-electron chi connectivity index (χ0n) is 11.8. The molecule has 4 nitrogen and oxygen atoms in total. The third kappa shape index (κ3) is 4.17. The van der Waals surface area contributed by atoms with E-state index < -0.39 is 8.80 Å². The summed E-state index contributed by atoms with van der Waals surface area (Å²) in [5.74, 6) is 0. The molecule has 0 aromatic carbocycles. The molecular weight excluding hydrogens is 246 g/mol. The highest BCUT2D eigenvalue weighted by molar-refractivity contribution is 6.58. The van der Waals surface area contributed by atoms with Gasteiger partial charge in [-0.15, -0.1) is 0 Å². The van der Waals surface area contributed by atoms with E-state index in [9.17, 15) is 0 Å². The van der Waals surface area contributed by atoms with Crippen LogP contribution in [0.2, 0.25) is 0 Å². The van der Waals surface area contributed by atoms with Gasteiger partial charge >= 0.3 is 8.80 Å². The normalized spacial score (nSPS) is 11.8. The average Bonchev–Trinajstić information content (AvgIpc) is 2.33. The molecule has 0 atom stereocenters. The Morgan fingerprint density at radius 1 is 1.00 bits per heavy atom. The lowest BCUT2D eigenvalue weighted by molar-refractivity contribution is -0.691. The lowest BCUT2D eigenvalue weighted by Crippen LogP contribution is -2.58. The van der Waals surface area contributed by atoms with Gasteiger partial charge in [0.05, 0.1) is 0 Å².